The van der Waals surface area contributed by atoms with E-state index in [0.29, 0.717) is 13.2 Å². The molecule has 3 heteroatoms. The molecular weight excluding hydrogens is 264 g/mol. The lowest BCUT2D eigenvalue weighted by Gasteiger charge is -2.16. The summed E-state index contributed by atoms with van der Waals surface area (Å²) in [6, 6.07) is 17.9. The molecule has 0 saturated carbocycles. The Kier molecular flexibility index (Phi) is 6.25. The average Bonchev–Trinajstić information content (AvgIpc) is 2.55. The summed E-state index contributed by atoms with van der Waals surface area (Å²) in [7, 11) is 1.67. The van der Waals surface area contributed by atoms with Gasteiger partial charge in [-0.3, -0.25) is 0 Å². The van der Waals surface area contributed by atoms with Gasteiger partial charge < -0.3 is 14.6 Å². The van der Waals surface area contributed by atoms with Crippen molar-refractivity contribution in [1.82, 2.24) is 0 Å². The highest BCUT2D eigenvalue weighted by Gasteiger charge is 2.12. The summed E-state index contributed by atoms with van der Waals surface area (Å²) in [4.78, 5) is 0. The maximum Gasteiger partial charge on any atom is 0.122 e. The van der Waals surface area contributed by atoms with E-state index in [1.54, 1.807) is 7.11 Å². The van der Waals surface area contributed by atoms with Crippen molar-refractivity contribution in [1.29, 1.82) is 0 Å². The first-order chi connectivity index (χ1) is 10.3. The van der Waals surface area contributed by atoms with Gasteiger partial charge in [-0.05, 0) is 23.6 Å². The molecule has 0 aromatic heterocycles. The van der Waals surface area contributed by atoms with E-state index in [-0.39, 0.29) is 12.5 Å². The average molecular weight is 286 g/mol. The quantitative estimate of drug-likeness (QED) is 0.810. The molecule has 112 valence electrons. The molecule has 21 heavy (non-hydrogen) atoms. The van der Waals surface area contributed by atoms with Crippen LogP contribution in [0.1, 0.15) is 11.1 Å². The van der Waals surface area contributed by atoms with Gasteiger partial charge in [-0.25, -0.2) is 0 Å². The van der Waals surface area contributed by atoms with Gasteiger partial charge in [0.1, 0.15) is 5.75 Å². The number of ether oxygens (including phenoxy) is 2. The molecule has 2 aromatic rings. The molecule has 0 amide bonds. The summed E-state index contributed by atoms with van der Waals surface area (Å²) >= 11 is 0. The summed E-state index contributed by atoms with van der Waals surface area (Å²) in [5.74, 6) is 0.934. The monoisotopic (exact) mass is 286 g/mol. The van der Waals surface area contributed by atoms with Crippen molar-refractivity contribution < 1.29 is 14.6 Å². The Hall–Kier alpha value is -1.84. The van der Waals surface area contributed by atoms with Crippen molar-refractivity contribution in [2.24, 2.45) is 5.92 Å². The molecule has 3 nitrogen and oxygen atoms in total. The fraction of sp³-hybridized carbons (Fsp3) is 0.333. The predicted molar refractivity (Wildman–Crippen MR) is 83.4 cm³/mol. The first-order valence-electron chi connectivity index (χ1n) is 7.18. The molecule has 0 aliphatic heterocycles. The maximum atomic E-state index is 9.53. The number of para-hydroxylation sites is 1. The highest BCUT2D eigenvalue weighted by atomic mass is 16.5. The summed E-state index contributed by atoms with van der Waals surface area (Å²) < 4.78 is 11.1. The van der Waals surface area contributed by atoms with Crippen LogP contribution in [0.2, 0.25) is 0 Å². The zero-order valence-corrected chi connectivity index (χ0v) is 12.4. The van der Waals surface area contributed by atoms with E-state index >= 15 is 0 Å². The lowest BCUT2D eigenvalue weighted by atomic mass is 10.00. The Labute approximate surface area is 126 Å². The van der Waals surface area contributed by atoms with Crippen molar-refractivity contribution in [3.05, 3.63) is 65.7 Å². The standard InChI is InChI=1S/C18H22O3/c1-20-18-10-6-5-9-17(18)11-16(12-19)14-21-13-15-7-3-2-4-8-15/h2-10,16,19H,11-14H2,1H3. The highest BCUT2D eigenvalue weighted by Crippen LogP contribution is 2.21. The lowest BCUT2D eigenvalue weighted by Crippen LogP contribution is -2.17. The normalized spacial score (nSPS) is 12.1. The van der Waals surface area contributed by atoms with Crippen LogP contribution in [-0.2, 0) is 17.8 Å². The third-order valence-electron chi connectivity index (χ3n) is 3.42. The number of benzene rings is 2. The zero-order chi connectivity index (χ0) is 14.9. The molecule has 0 spiro atoms. The first kappa shape index (κ1) is 15.5. The lowest BCUT2D eigenvalue weighted by molar-refractivity contribution is 0.0628. The smallest absolute Gasteiger partial charge is 0.122 e. The van der Waals surface area contributed by atoms with E-state index in [1.807, 2.05) is 54.6 Å². The molecular formula is C18H22O3. The third-order valence-corrected chi connectivity index (χ3v) is 3.42. The number of methoxy groups -OCH3 is 1. The molecule has 0 radical (unpaired) electrons. The van der Waals surface area contributed by atoms with Crippen LogP contribution in [0.25, 0.3) is 0 Å². The Morgan fingerprint density at radius 2 is 1.71 bits per heavy atom. The van der Waals surface area contributed by atoms with Gasteiger partial charge in [0.05, 0.1) is 20.3 Å². The van der Waals surface area contributed by atoms with Crippen molar-refractivity contribution >= 4 is 0 Å². The van der Waals surface area contributed by atoms with Crippen LogP contribution < -0.4 is 4.74 Å². The van der Waals surface area contributed by atoms with Crippen LogP contribution in [-0.4, -0.2) is 25.4 Å². The van der Waals surface area contributed by atoms with Gasteiger partial charge in [0, 0.05) is 12.5 Å². The van der Waals surface area contributed by atoms with Crippen LogP contribution in [0.5, 0.6) is 5.75 Å². The molecule has 2 rings (SSSR count). The van der Waals surface area contributed by atoms with Crippen molar-refractivity contribution in [3.8, 4) is 5.75 Å². The van der Waals surface area contributed by atoms with Crippen molar-refractivity contribution in [3.63, 3.8) is 0 Å². The third kappa shape index (κ3) is 4.88. The number of hydrogen-bond donors (Lipinski definition) is 1. The molecule has 0 aliphatic rings. The zero-order valence-electron chi connectivity index (χ0n) is 12.4. The van der Waals surface area contributed by atoms with E-state index in [2.05, 4.69) is 0 Å². The largest absolute Gasteiger partial charge is 0.496 e. The second kappa shape index (κ2) is 8.45. The van der Waals surface area contributed by atoms with Crippen LogP contribution in [0.3, 0.4) is 0 Å². The fourth-order valence-corrected chi connectivity index (χ4v) is 2.28. The second-order valence-corrected chi connectivity index (χ2v) is 5.07. The van der Waals surface area contributed by atoms with Gasteiger partial charge in [0.25, 0.3) is 0 Å². The highest BCUT2D eigenvalue weighted by molar-refractivity contribution is 5.33. The van der Waals surface area contributed by atoms with Crippen molar-refractivity contribution in [2.75, 3.05) is 20.3 Å². The molecule has 1 atom stereocenters. The number of rotatable bonds is 8. The summed E-state index contributed by atoms with van der Waals surface area (Å²) in [6.07, 6.45) is 0.745. The summed E-state index contributed by atoms with van der Waals surface area (Å²) in [6.45, 7) is 1.21. The van der Waals surface area contributed by atoms with E-state index in [4.69, 9.17) is 9.47 Å². The van der Waals surface area contributed by atoms with Gasteiger partial charge in [0.2, 0.25) is 0 Å². The molecule has 2 aromatic carbocycles. The van der Waals surface area contributed by atoms with Crippen LogP contribution in [0.4, 0.5) is 0 Å². The topological polar surface area (TPSA) is 38.7 Å². The number of hydrogen-bond acceptors (Lipinski definition) is 3. The molecule has 1 N–H and O–H groups in total. The van der Waals surface area contributed by atoms with E-state index in [9.17, 15) is 5.11 Å². The fourth-order valence-electron chi connectivity index (χ4n) is 2.28. The SMILES string of the molecule is COc1ccccc1CC(CO)COCc1ccccc1. The Morgan fingerprint density at radius 3 is 2.43 bits per heavy atom. The molecule has 0 heterocycles. The van der Waals surface area contributed by atoms with Crippen LogP contribution in [0, 0.1) is 5.92 Å². The molecule has 0 fully saturated rings. The van der Waals surface area contributed by atoms with Crippen LogP contribution >= 0.6 is 0 Å². The molecule has 0 aliphatic carbocycles. The van der Waals surface area contributed by atoms with Gasteiger partial charge >= 0.3 is 0 Å². The van der Waals surface area contributed by atoms with E-state index in [0.717, 1.165) is 23.3 Å². The summed E-state index contributed by atoms with van der Waals surface area (Å²) in [5.41, 5.74) is 2.24. The number of aliphatic hydroxyl groups is 1. The first-order valence-corrected chi connectivity index (χ1v) is 7.18. The second-order valence-electron chi connectivity index (χ2n) is 5.07. The van der Waals surface area contributed by atoms with Gasteiger partial charge in [-0.2, -0.15) is 0 Å². The minimum atomic E-state index is 0.0741. The Bertz CT molecular complexity index is 525. The van der Waals surface area contributed by atoms with E-state index < -0.39 is 0 Å². The maximum absolute atomic E-state index is 9.53. The molecule has 0 bridgehead atoms. The minimum absolute atomic E-state index is 0.0741. The predicted octanol–water partition coefficient (Wildman–Crippen LogP) is 3.06. The van der Waals surface area contributed by atoms with Crippen LogP contribution in [0.15, 0.2) is 54.6 Å². The Morgan fingerprint density at radius 1 is 1.00 bits per heavy atom. The minimum Gasteiger partial charge on any atom is -0.496 e. The number of aliphatic hydroxyl groups excluding tert-OH is 1. The van der Waals surface area contributed by atoms with Gasteiger partial charge in [-0.1, -0.05) is 48.5 Å². The summed E-state index contributed by atoms with van der Waals surface area (Å²) in [5, 5.41) is 9.53. The van der Waals surface area contributed by atoms with Gasteiger partial charge in [-0.15, -0.1) is 0 Å². The van der Waals surface area contributed by atoms with E-state index in [1.165, 1.54) is 0 Å². The Balaban J connectivity index is 1.85. The molecule has 1 unspecified atom stereocenters. The van der Waals surface area contributed by atoms with Gasteiger partial charge in [0.15, 0.2) is 0 Å². The molecule has 0 saturated heterocycles. The van der Waals surface area contributed by atoms with Crippen molar-refractivity contribution in [2.45, 2.75) is 13.0 Å².